The standard InChI is InChI=1S/C10H19F3N2/c11-10(12,13)5-8-15-7-2-4-9(15)3-1-6-14/h9H,1-8,14H2. The first-order valence-corrected chi connectivity index (χ1v) is 5.54. The summed E-state index contributed by atoms with van der Waals surface area (Å²) in [6, 6.07) is 0.330. The Balaban J connectivity index is 2.27. The van der Waals surface area contributed by atoms with Crippen molar-refractivity contribution in [2.24, 2.45) is 5.73 Å². The predicted molar refractivity (Wildman–Crippen MR) is 53.6 cm³/mol. The second kappa shape index (κ2) is 5.70. The van der Waals surface area contributed by atoms with E-state index in [1.54, 1.807) is 0 Å². The first kappa shape index (κ1) is 12.8. The lowest BCUT2D eigenvalue weighted by Gasteiger charge is -2.24. The molecule has 15 heavy (non-hydrogen) atoms. The van der Waals surface area contributed by atoms with Gasteiger partial charge in [-0.15, -0.1) is 0 Å². The first-order chi connectivity index (χ1) is 7.03. The number of nitrogens with two attached hydrogens (primary N) is 1. The second-order valence-electron chi connectivity index (χ2n) is 4.13. The Labute approximate surface area is 88.6 Å². The SMILES string of the molecule is NCCCC1CCCN1CCC(F)(F)F. The van der Waals surface area contributed by atoms with Crippen molar-refractivity contribution in [3.05, 3.63) is 0 Å². The summed E-state index contributed by atoms with van der Waals surface area (Å²) in [7, 11) is 0. The Morgan fingerprint density at radius 2 is 2.07 bits per heavy atom. The predicted octanol–water partition coefficient (Wildman–Crippen LogP) is 2.14. The molecule has 2 nitrogen and oxygen atoms in total. The molecular formula is C10H19F3N2. The van der Waals surface area contributed by atoms with E-state index in [0.717, 1.165) is 32.2 Å². The van der Waals surface area contributed by atoms with Gasteiger partial charge >= 0.3 is 6.18 Å². The number of likely N-dealkylation sites (tertiary alicyclic amines) is 1. The van der Waals surface area contributed by atoms with Crippen molar-refractivity contribution in [3.63, 3.8) is 0 Å². The fourth-order valence-corrected chi connectivity index (χ4v) is 2.14. The second-order valence-corrected chi connectivity index (χ2v) is 4.13. The van der Waals surface area contributed by atoms with E-state index in [0.29, 0.717) is 12.6 Å². The monoisotopic (exact) mass is 224 g/mol. The van der Waals surface area contributed by atoms with Crippen LogP contribution in [0.25, 0.3) is 0 Å². The highest BCUT2D eigenvalue weighted by atomic mass is 19.4. The molecule has 1 unspecified atom stereocenters. The van der Waals surface area contributed by atoms with Crippen molar-refractivity contribution in [3.8, 4) is 0 Å². The number of halogens is 3. The quantitative estimate of drug-likeness (QED) is 0.775. The van der Waals surface area contributed by atoms with Gasteiger partial charge in [0.25, 0.3) is 0 Å². The van der Waals surface area contributed by atoms with Gasteiger partial charge in [0.05, 0.1) is 6.42 Å². The van der Waals surface area contributed by atoms with Gasteiger partial charge in [-0.1, -0.05) is 0 Å². The molecular weight excluding hydrogens is 205 g/mol. The summed E-state index contributed by atoms with van der Waals surface area (Å²) >= 11 is 0. The van der Waals surface area contributed by atoms with Crippen LogP contribution < -0.4 is 5.73 Å². The van der Waals surface area contributed by atoms with Gasteiger partial charge in [-0.3, -0.25) is 0 Å². The van der Waals surface area contributed by atoms with Crippen molar-refractivity contribution in [2.45, 2.75) is 44.3 Å². The molecule has 0 bridgehead atoms. The van der Waals surface area contributed by atoms with Crippen molar-refractivity contribution in [2.75, 3.05) is 19.6 Å². The molecule has 0 aliphatic carbocycles. The number of hydrogen-bond donors (Lipinski definition) is 1. The zero-order valence-corrected chi connectivity index (χ0v) is 8.89. The maximum atomic E-state index is 12.0. The van der Waals surface area contributed by atoms with E-state index in [-0.39, 0.29) is 6.54 Å². The molecule has 0 saturated carbocycles. The average molecular weight is 224 g/mol. The third kappa shape index (κ3) is 4.84. The van der Waals surface area contributed by atoms with Crippen LogP contribution in [-0.4, -0.2) is 36.8 Å². The Kier molecular flexibility index (Phi) is 4.86. The van der Waals surface area contributed by atoms with Crippen LogP contribution in [0.5, 0.6) is 0 Å². The van der Waals surface area contributed by atoms with E-state index < -0.39 is 12.6 Å². The number of hydrogen-bond acceptors (Lipinski definition) is 2. The summed E-state index contributed by atoms with van der Waals surface area (Å²) in [6.07, 6.45) is -0.820. The largest absolute Gasteiger partial charge is 0.390 e. The van der Waals surface area contributed by atoms with Crippen molar-refractivity contribution >= 4 is 0 Å². The normalized spacial score (nSPS) is 23.6. The maximum absolute atomic E-state index is 12.0. The van der Waals surface area contributed by atoms with E-state index in [4.69, 9.17) is 5.73 Å². The van der Waals surface area contributed by atoms with Crippen molar-refractivity contribution in [1.82, 2.24) is 4.90 Å². The lowest BCUT2D eigenvalue weighted by molar-refractivity contribution is -0.138. The van der Waals surface area contributed by atoms with Crippen LogP contribution in [0.3, 0.4) is 0 Å². The average Bonchev–Trinajstić information content (AvgIpc) is 2.57. The van der Waals surface area contributed by atoms with E-state index in [2.05, 4.69) is 0 Å². The zero-order valence-electron chi connectivity index (χ0n) is 8.89. The van der Waals surface area contributed by atoms with E-state index in [9.17, 15) is 13.2 Å². The van der Waals surface area contributed by atoms with Gasteiger partial charge in [0, 0.05) is 12.6 Å². The molecule has 1 aliphatic heterocycles. The molecule has 1 rings (SSSR count). The molecule has 0 aromatic heterocycles. The lowest BCUT2D eigenvalue weighted by atomic mass is 10.1. The zero-order chi connectivity index (χ0) is 11.3. The smallest absolute Gasteiger partial charge is 0.330 e. The Bertz CT molecular complexity index is 182. The molecule has 0 amide bonds. The topological polar surface area (TPSA) is 29.3 Å². The molecule has 0 aromatic carbocycles. The fourth-order valence-electron chi connectivity index (χ4n) is 2.14. The minimum atomic E-state index is -4.03. The molecule has 0 aromatic rings. The van der Waals surface area contributed by atoms with Gasteiger partial charge in [-0.25, -0.2) is 0 Å². The van der Waals surface area contributed by atoms with Gasteiger partial charge in [-0.05, 0) is 38.8 Å². The van der Waals surface area contributed by atoms with Crippen molar-refractivity contribution in [1.29, 1.82) is 0 Å². The van der Waals surface area contributed by atoms with Crippen LogP contribution in [-0.2, 0) is 0 Å². The summed E-state index contributed by atoms with van der Waals surface area (Å²) in [5, 5.41) is 0. The summed E-state index contributed by atoms with van der Waals surface area (Å²) in [5.74, 6) is 0. The minimum absolute atomic E-state index is 0.152. The van der Waals surface area contributed by atoms with Crippen molar-refractivity contribution < 1.29 is 13.2 Å². The highest BCUT2D eigenvalue weighted by molar-refractivity contribution is 4.79. The molecule has 1 heterocycles. The molecule has 90 valence electrons. The van der Waals surface area contributed by atoms with Gasteiger partial charge in [0.15, 0.2) is 0 Å². The molecule has 0 radical (unpaired) electrons. The van der Waals surface area contributed by atoms with Gasteiger partial charge in [0.1, 0.15) is 0 Å². The van der Waals surface area contributed by atoms with Crippen LogP contribution in [0.1, 0.15) is 32.1 Å². The minimum Gasteiger partial charge on any atom is -0.330 e. The number of rotatable bonds is 5. The number of alkyl halides is 3. The summed E-state index contributed by atoms with van der Waals surface area (Å²) in [4.78, 5) is 1.96. The third-order valence-corrected chi connectivity index (χ3v) is 2.92. The van der Waals surface area contributed by atoms with Crippen LogP contribution in [0.2, 0.25) is 0 Å². The van der Waals surface area contributed by atoms with E-state index in [1.807, 2.05) is 4.90 Å². The third-order valence-electron chi connectivity index (χ3n) is 2.92. The van der Waals surface area contributed by atoms with Crippen LogP contribution in [0, 0.1) is 0 Å². The summed E-state index contributed by atoms with van der Waals surface area (Å²) in [6.45, 7) is 1.59. The van der Waals surface area contributed by atoms with E-state index in [1.165, 1.54) is 0 Å². The first-order valence-electron chi connectivity index (χ1n) is 5.54. The van der Waals surface area contributed by atoms with Crippen LogP contribution in [0.15, 0.2) is 0 Å². The van der Waals surface area contributed by atoms with Gasteiger partial charge < -0.3 is 10.6 Å². The van der Waals surface area contributed by atoms with Gasteiger partial charge in [0.2, 0.25) is 0 Å². The van der Waals surface area contributed by atoms with Crippen LogP contribution in [0.4, 0.5) is 13.2 Å². The molecule has 0 spiro atoms. The highest BCUT2D eigenvalue weighted by Crippen LogP contribution is 2.25. The lowest BCUT2D eigenvalue weighted by Crippen LogP contribution is -2.33. The molecule has 1 atom stereocenters. The molecule has 5 heteroatoms. The molecule has 2 N–H and O–H groups in total. The summed E-state index contributed by atoms with van der Waals surface area (Å²) in [5.41, 5.74) is 5.40. The highest BCUT2D eigenvalue weighted by Gasteiger charge is 2.31. The summed E-state index contributed by atoms with van der Waals surface area (Å²) < 4.78 is 36.1. The number of nitrogens with zero attached hydrogens (tertiary/aromatic N) is 1. The Hall–Kier alpha value is -0.290. The Morgan fingerprint density at radius 3 is 2.67 bits per heavy atom. The maximum Gasteiger partial charge on any atom is 0.390 e. The van der Waals surface area contributed by atoms with E-state index >= 15 is 0 Å². The van der Waals surface area contributed by atoms with Crippen LogP contribution >= 0.6 is 0 Å². The van der Waals surface area contributed by atoms with Gasteiger partial charge in [-0.2, -0.15) is 13.2 Å². The molecule has 1 aliphatic rings. The molecule has 1 fully saturated rings. The fraction of sp³-hybridized carbons (Fsp3) is 1.00. The molecule has 1 saturated heterocycles. The Morgan fingerprint density at radius 1 is 1.33 bits per heavy atom.